The number of pyridine rings is 1. The molecule has 1 fully saturated rings. The van der Waals surface area contributed by atoms with Gasteiger partial charge in [-0.05, 0) is 50.5 Å². The maximum Gasteiger partial charge on any atom is 0.243 e. The number of hydrogen-bond donors (Lipinski definition) is 0. The van der Waals surface area contributed by atoms with E-state index in [1.165, 1.54) is 0 Å². The number of aryl methyl sites for hydroxylation is 2. The number of aromatic nitrogens is 1. The largest absolute Gasteiger partial charge is 0.488 e. The van der Waals surface area contributed by atoms with Gasteiger partial charge in [-0.1, -0.05) is 35.9 Å². The van der Waals surface area contributed by atoms with Gasteiger partial charge < -0.3 is 4.74 Å². The number of fused-ring (bicyclic) bond motifs is 1. The highest BCUT2D eigenvalue weighted by Crippen LogP contribution is 2.28. The van der Waals surface area contributed by atoms with E-state index >= 15 is 0 Å². The van der Waals surface area contributed by atoms with Gasteiger partial charge in [-0.25, -0.2) is 8.42 Å². The van der Waals surface area contributed by atoms with Crippen LogP contribution in [0.2, 0.25) is 0 Å². The Morgan fingerprint density at radius 2 is 1.79 bits per heavy atom. The molecule has 0 unspecified atom stereocenters. The van der Waals surface area contributed by atoms with Crippen LogP contribution in [-0.4, -0.2) is 36.9 Å². The van der Waals surface area contributed by atoms with E-state index in [4.69, 9.17) is 4.74 Å². The fourth-order valence-electron chi connectivity index (χ4n) is 3.77. The summed E-state index contributed by atoms with van der Waals surface area (Å²) in [6, 6.07) is 15.3. The highest BCUT2D eigenvalue weighted by atomic mass is 32.2. The van der Waals surface area contributed by atoms with Gasteiger partial charge in [0.15, 0.2) is 0 Å². The molecular formula is C22H24N2O3S. The summed E-state index contributed by atoms with van der Waals surface area (Å²) in [7, 11) is -3.47. The fourth-order valence-corrected chi connectivity index (χ4v) is 5.44. The van der Waals surface area contributed by atoms with Crippen LogP contribution in [0.25, 0.3) is 10.9 Å². The lowest BCUT2D eigenvalue weighted by molar-refractivity contribution is 0.136. The lowest BCUT2D eigenvalue weighted by atomic mass is 10.1. The smallest absolute Gasteiger partial charge is 0.243 e. The monoisotopic (exact) mass is 396 g/mol. The molecule has 0 bridgehead atoms. The number of piperidine rings is 1. The second-order valence-electron chi connectivity index (χ2n) is 7.32. The minimum Gasteiger partial charge on any atom is -0.488 e. The molecule has 1 aromatic heterocycles. The molecule has 5 nitrogen and oxygen atoms in total. The fraction of sp³-hybridized carbons (Fsp3) is 0.318. The molecular weight excluding hydrogens is 372 g/mol. The first-order chi connectivity index (χ1) is 13.4. The highest BCUT2D eigenvalue weighted by Gasteiger charge is 2.31. The Morgan fingerprint density at radius 1 is 1.04 bits per heavy atom. The van der Waals surface area contributed by atoms with Crippen molar-refractivity contribution in [3.63, 3.8) is 0 Å². The predicted molar refractivity (Wildman–Crippen MR) is 110 cm³/mol. The van der Waals surface area contributed by atoms with E-state index in [0.717, 1.165) is 27.8 Å². The zero-order valence-corrected chi connectivity index (χ0v) is 16.9. The number of para-hydroxylation sites is 1. The summed E-state index contributed by atoms with van der Waals surface area (Å²) in [5, 5.41) is 1.04. The molecule has 1 aliphatic heterocycles. The molecule has 28 heavy (non-hydrogen) atoms. The van der Waals surface area contributed by atoms with Gasteiger partial charge in [0, 0.05) is 24.7 Å². The Kier molecular flexibility index (Phi) is 5.08. The van der Waals surface area contributed by atoms with Gasteiger partial charge in [0.1, 0.15) is 17.4 Å². The van der Waals surface area contributed by atoms with Crippen LogP contribution in [0.3, 0.4) is 0 Å². The topological polar surface area (TPSA) is 59.5 Å². The van der Waals surface area contributed by atoms with Crippen LogP contribution in [0.15, 0.2) is 59.6 Å². The predicted octanol–water partition coefficient (Wildman–Crippen LogP) is 4.08. The van der Waals surface area contributed by atoms with Crippen molar-refractivity contribution in [2.75, 3.05) is 13.1 Å². The molecule has 2 aromatic carbocycles. The van der Waals surface area contributed by atoms with Gasteiger partial charge in [0.2, 0.25) is 10.0 Å². The first-order valence-electron chi connectivity index (χ1n) is 9.53. The number of benzene rings is 2. The average molecular weight is 397 g/mol. The molecule has 146 valence electrons. The van der Waals surface area contributed by atoms with Crippen LogP contribution in [0.5, 0.6) is 5.75 Å². The van der Waals surface area contributed by atoms with Crippen molar-refractivity contribution in [1.82, 2.24) is 9.29 Å². The Bertz CT molecular complexity index is 1100. The van der Waals surface area contributed by atoms with Gasteiger partial charge in [-0.15, -0.1) is 0 Å². The lowest BCUT2D eigenvalue weighted by Gasteiger charge is -2.32. The molecule has 0 N–H and O–H groups in total. The molecule has 1 saturated heterocycles. The lowest BCUT2D eigenvalue weighted by Crippen LogP contribution is -2.41. The highest BCUT2D eigenvalue weighted by molar-refractivity contribution is 7.89. The van der Waals surface area contributed by atoms with Crippen LogP contribution < -0.4 is 4.74 Å². The van der Waals surface area contributed by atoms with Crippen LogP contribution >= 0.6 is 0 Å². The van der Waals surface area contributed by atoms with E-state index in [2.05, 4.69) is 4.98 Å². The first kappa shape index (κ1) is 18.9. The molecule has 0 radical (unpaired) electrons. The molecule has 4 rings (SSSR count). The second-order valence-corrected chi connectivity index (χ2v) is 9.23. The van der Waals surface area contributed by atoms with Crippen molar-refractivity contribution in [1.29, 1.82) is 0 Å². The molecule has 0 aliphatic carbocycles. The summed E-state index contributed by atoms with van der Waals surface area (Å²) in [6.07, 6.45) is 3.06. The van der Waals surface area contributed by atoms with Crippen molar-refractivity contribution >= 4 is 20.9 Å². The second kappa shape index (κ2) is 7.53. The summed E-state index contributed by atoms with van der Waals surface area (Å²) in [5.41, 5.74) is 2.70. The van der Waals surface area contributed by atoms with Crippen LogP contribution in [-0.2, 0) is 10.0 Å². The van der Waals surface area contributed by atoms with Gasteiger partial charge in [0.05, 0.1) is 4.90 Å². The average Bonchev–Trinajstić information content (AvgIpc) is 2.68. The van der Waals surface area contributed by atoms with E-state index in [1.54, 1.807) is 16.6 Å². The molecule has 2 heterocycles. The van der Waals surface area contributed by atoms with Crippen LogP contribution in [0, 0.1) is 13.8 Å². The van der Waals surface area contributed by atoms with Crippen molar-refractivity contribution in [2.45, 2.75) is 37.7 Å². The molecule has 0 amide bonds. The molecule has 3 aromatic rings. The van der Waals surface area contributed by atoms with E-state index in [0.29, 0.717) is 30.8 Å². The number of sulfonamides is 1. The first-order valence-corrected chi connectivity index (χ1v) is 11.0. The third kappa shape index (κ3) is 3.62. The Balaban J connectivity index is 1.47. The van der Waals surface area contributed by atoms with Gasteiger partial charge in [-0.2, -0.15) is 4.31 Å². The van der Waals surface area contributed by atoms with Crippen LogP contribution in [0.1, 0.15) is 24.0 Å². The third-order valence-corrected chi connectivity index (χ3v) is 7.30. The van der Waals surface area contributed by atoms with E-state index < -0.39 is 10.0 Å². The zero-order chi connectivity index (χ0) is 19.7. The third-order valence-electron chi connectivity index (χ3n) is 5.24. The molecule has 0 atom stereocenters. The van der Waals surface area contributed by atoms with Crippen molar-refractivity contribution < 1.29 is 13.2 Å². The van der Waals surface area contributed by atoms with Crippen LogP contribution in [0.4, 0.5) is 0 Å². The maximum absolute atomic E-state index is 13.0. The van der Waals surface area contributed by atoms with Crippen molar-refractivity contribution in [2.24, 2.45) is 0 Å². The summed E-state index contributed by atoms with van der Waals surface area (Å²) >= 11 is 0. The summed E-state index contributed by atoms with van der Waals surface area (Å²) in [6.45, 7) is 4.73. The van der Waals surface area contributed by atoms with E-state index in [-0.39, 0.29) is 6.10 Å². The number of ether oxygens (including phenoxy) is 1. The Morgan fingerprint density at radius 3 is 2.54 bits per heavy atom. The molecule has 0 spiro atoms. The van der Waals surface area contributed by atoms with E-state index in [1.807, 2.05) is 56.3 Å². The number of rotatable bonds is 4. The van der Waals surface area contributed by atoms with Crippen molar-refractivity contribution in [3.05, 3.63) is 65.9 Å². The summed E-state index contributed by atoms with van der Waals surface area (Å²) in [5.74, 6) is 0.758. The van der Waals surface area contributed by atoms with E-state index in [9.17, 15) is 8.42 Å². The Labute approximate surface area is 166 Å². The van der Waals surface area contributed by atoms with Gasteiger partial charge in [0.25, 0.3) is 0 Å². The van der Waals surface area contributed by atoms with Gasteiger partial charge >= 0.3 is 0 Å². The summed E-state index contributed by atoms with van der Waals surface area (Å²) in [4.78, 5) is 4.82. The minimum absolute atomic E-state index is 0.0156. The SMILES string of the molecule is Cc1ccc(S(=O)(=O)N2CCC(Oc3cccc4cccnc34)CC2)c(C)c1. The normalized spacial score (nSPS) is 16.4. The summed E-state index contributed by atoms with van der Waals surface area (Å²) < 4.78 is 33.8. The molecule has 1 aliphatic rings. The zero-order valence-electron chi connectivity index (χ0n) is 16.1. The molecule has 0 saturated carbocycles. The van der Waals surface area contributed by atoms with Gasteiger partial charge in [-0.3, -0.25) is 4.98 Å². The van der Waals surface area contributed by atoms with Crippen molar-refractivity contribution in [3.8, 4) is 5.75 Å². The minimum atomic E-state index is -3.47. The quantitative estimate of drug-likeness (QED) is 0.667. The maximum atomic E-state index is 13.0. The standard InChI is InChI=1S/C22H24N2O3S/c1-16-8-9-21(17(2)15-16)28(25,26)24-13-10-19(11-14-24)27-20-7-3-5-18-6-4-12-23-22(18)20/h3-9,12,15,19H,10-11,13-14H2,1-2H3. The number of hydrogen-bond acceptors (Lipinski definition) is 4. The molecule has 6 heteroatoms. The Hall–Kier alpha value is -2.44. The number of nitrogens with zero attached hydrogens (tertiary/aromatic N) is 2.